The lowest BCUT2D eigenvalue weighted by molar-refractivity contribution is -0.132. The van der Waals surface area contributed by atoms with E-state index >= 15 is 0 Å². The van der Waals surface area contributed by atoms with Gasteiger partial charge in [-0.1, -0.05) is 20.3 Å². The van der Waals surface area contributed by atoms with Crippen LogP contribution >= 0.6 is 0 Å². The number of rotatable bonds is 7. The summed E-state index contributed by atoms with van der Waals surface area (Å²) < 4.78 is 0. The molecule has 110 valence electrons. The maximum atomic E-state index is 12.4. The lowest BCUT2D eigenvalue weighted by atomic mass is 9.90. The fourth-order valence-corrected chi connectivity index (χ4v) is 2.56. The van der Waals surface area contributed by atoms with Crippen molar-refractivity contribution in [2.45, 2.75) is 64.5 Å². The molecule has 3 N–H and O–H groups in total. The Bertz CT molecular complexity index is 312. The standard InChI is InChI=1S/C14H27N3O2/c1-4-7-14(8-6-10-16-14)13(19)17-11(3)12(18)15-9-5-2/h11,16H,4-10H2,1-3H3,(H,15,18)(H,17,19). The summed E-state index contributed by atoms with van der Waals surface area (Å²) in [6, 6.07) is -0.477. The van der Waals surface area contributed by atoms with Gasteiger partial charge in [-0.05, 0) is 39.2 Å². The van der Waals surface area contributed by atoms with E-state index in [1.165, 1.54) is 0 Å². The van der Waals surface area contributed by atoms with E-state index in [9.17, 15) is 9.59 Å². The summed E-state index contributed by atoms with van der Waals surface area (Å²) in [6.45, 7) is 7.34. The molecule has 0 aromatic rings. The van der Waals surface area contributed by atoms with Gasteiger partial charge in [0.05, 0.1) is 5.54 Å². The number of nitrogens with one attached hydrogen (secondary N) is 3. The van der Waals surface area contributed by atoms with Gasteiger partial charge in [0.2, 0.25) is 11.8 Å². The molecule has 1 aliphatic heterocycles. The molecule has 0 bridgehead atoms. The van der Waals surface area contributed by atoms with Gasteiger partial charge in [-0.3, -0.25) is 9.59 Å². The van der Waals surface area contributed by atoms with E-state index < -0.39 is 11.6 Å². The largest absolute Gasteiger partial charge is 0.354 e. The van der Waals surface area contributed by atoms with Crippen LogP contribution in [-0.4, -0.2) is 36.5 Å². The number of amides is 2. The van der Waals surface area contributed by atoms with Crippen molar-refractivity contribution in [2.24, 2.45) is 0 Å². The predicted molar refractivity (Wildman–Crippen MR) is 75.8 cm³/mol. The molecule has 19 heavy (non-hydrogen) atoms. The highest BCUT2D eigenvalue weighted by molar-refractivity contribution is 5.92. The van der Waals surface area contributed by atoms with Gasteiger partial charge in [0.25, 0.3) is 0 Å². The monoisotopic (exact) mass is 269 g/mol. The molecule has 0 aromatic heterocycles. The van der Waals surface area contributed by atoms with E-state index in [4.69, 9.17) is 0 Å². The first-order valence-electron chi connectivity index (χ1n) is 7.39. The van der Waals surface area contributed by atoms with Crippen LogP contribution in [-0.2, 0) is 9.59 Å². The minimum Gasteiger partial charge on any atom is -0.354 e. The third-order valence-electron chi connectivity index (χ3n) is 3.65. The van der Waals surface area contributed by atoms with E-state index in [1.807, 2.05) is 6.92 Å². The first-order chi connectivity index (χ1) is 9.05. The van der Waals surface area contributed by atoms with Crippen molar-refractivity contribution in [3.63, 3.8) is 0 Å². The smallest absolute Gasteiger partial charge is 0.242 e. The normalized spacial score (nSPS) is 23.9. The van der Waals surface area contributed by atoms with Gasteiger partial charge in [0.15, 0.2) is 0 Å². The van der Waals surface area contributed by atoms with E-state index in [2.05, 4.69) is 22.9 Å². The summed E-state index contributed by atoms with van der Waals surface area (Å²) in [5, 5.41) is 8.96. The average molecular weight is 269 g/mol. The van der Waals surface area contributed by atoms with E-state index in [1.54, 1.807) is 6.92 Å². The molecule has 1 aliphatic rings. The summed E-state index contributed by atoms with van der Waals surface area (Å²) in [4.78, 5) is 24.2. The van der Waals surface area contributed by atoms with Crippen molar-refractivity contribution in [3.05, 3.63) is 0 Å². The Morgan fingerprint density at radius 1 is 1.32 bits per heavy atom. The van der Waals surface area contributed by atoms with E-state index in [-0.39, 0.29) is 11.8 Å². The number of hydrogen-bond donors (Lipinski definition) is 3. The van der Waals surface area contributed by atoms with Crippen molar-refractivity contribution >= 4 is 11.8 Å². The topological polar surface area (TPSA) is 70.2 Å². The van der Waals surface area contributed by atoms with Gasteiger partial charge in [-0.25, -0.2) is 0 Å². The minimum absolute atomic E-state index is 0.0361. The molecule has 1 heterocycles. The lowest BCUT2D eigenvalue weighted by Gasteiger charge is -2.29. The van der Waals surface area contributed by atoms with Gasteiger partial charge in [0.1, 0.15) is 6.04 Å². The van der Waals surface area contributed by atoms with Gasteiger partial charge in [0, 0.05) is 6.54 Å². The van der Waals surface area contributed by atoms with Crippen LogP contribution in [0.25, 0.3) is 0 Å². The van der Waals surface area contributed by atoms with Crippen LogP contribution < -0.4 is 16.0 Å². The van der Waals surface area contributed by atoms with Crippen LogP contribution in [0.1, 0.15) is 52.9 Å². The van der Waals surface area contributed by atoms with Crippen molar-refractivity contribution in [3.8, 4) is 0 Å². The molecule has 5 nitrogen and oxygen atoms in total. The Kier molecular flexibility index (Phi) is 6.28. The second kappa shape index (κ2) is 7.48. The second-order valence-electron chi connectivity index (χ2n) is 5.35. The zero-order valence-corrected chi connectivity index (χ0v) is 12.3. The summed E-state index contributed by atoms with van der Waals surface area (Å²) in [5.41, 5.74) is -0.464. The van der Waals surface area contributed by atoms with Crippen LogP contribution in [0.4, 0.5) is 0 Å². The third kappa shape index (κ3) is 4.20. The van der Waals surface area contributed by atoms with Crippen molar-refractivity contribution in [2.75, 3.05) is 13.1 Å². The minimum atomic E-state index is -0.477. The molecule has 0 radical (unpaired) electrons. The molecule has 2 unspecified atom stereocenters. The van der Waals surface area contributed by atoms with E-state index in [0.29, 0.717) is 6.54 Å². The second-order valence-corrected chi connectivity index (χ2v) is 5.35. The van der Waals surface area contributed by atoms with Crippen molar-refractivity contribution in [1.82, 2.24) is 16.0 Å². The Balaban J connectivity index is 2.54. The summed E-state index contributed by atoms with van der Waals surface area (Å²) in [7, 11) is 0. The quantitative estimate of drug-likeness (QED) is 0.644. The van der Waals surface area contributed by atoms with Crippen molar-refractivity contribution < 1.29 is 9.59 Å². The summed E-state index contributed by atoms with van der Waals surface area (Å²) in [6.07, 6.45) is 4.55. The number of hydrogen-bond acceptors (Lipinski definition) is 3. The Labute approximate surface area is 115 Å². The Morgan fingerprint density at radius 3 is 2.58 bits per heavy atom. The molecule has 1 fully saturated rings. The molecule has 5 heteroatoms. The zero-order valence-electron chi connectivity index (χ0n) is 12.3. The summed E-state index contributed by atoms with van der Waals surface area (Å²) >= 11 is 0. The van der Waals surface area contributed by atoms with Crippen LogP contribution in [0.2, 0.25) is 0 Å². The molecular weight excluding hydrogens is 242 g/mol. The fourth-order valence-electron chi connectivity index (χ4n) is 2.56. The first-order valence-corrected chi connectivity index (χ1v) is 7.39. The van der Waals surface area contributed by atoms with Gasteiger partial charge < -0.3 is 16.0 Å². The number of carbonyl (C=O) groups is 2. The molecule has 0 saturated carbocycles. The summed E-state index contributed by atoms with van der Waals surface area (Å²) in [5.74, 6) is -0.147. The number of carbonyl (C=O) groups excluding carboxylic acids is 2. The molecule has 0 aromatic carbocycles. The van der Waals surface area contributed by atoms with Gasteiger partial charge in [-0.2, -0.15) is 0 Å². The van der Waals surface area contributed by atoms with Crippen LogP contribution in [0, 0.1) is 0 Å². The van der Waals surface area contributed by atoms with Gasteiger partial charge >= 0.3 is 0 Å². The SMILES string of the molecule is CCCNC(=O)C(C)NC(=O)C1(CCC)CCCN1. The maximum absolute atomic E-state index is 12.4. The lowest BCUT2D eigenvalue weighted by Crippen LogP contribution is -2.57. The van der Waals surface area contributed by atoms with Crippen LogP contribution in [0.3, 0.4) is 0 Å². The molecule has 2 atom stereocenters. The molecule has 1 rings (SSSR count). The fraction of sp³-hybridized carbons (Fsp3) is 0.857. The molecule has 1 saturated heterocycles. The maximum Gasteiger partial charge on any atom is 0.242 e. The highest BCUT2D eigenvalue weighted by Crippen LogP contribution is 2.25. The molecule has 2 amide bonds. The van der Waals surface area contributed by atoms with Crippen LogP contribution in [0.5, 0.6) is 0 Å². The molecular formula is C14H27N3O2. The van der Waals surface area contributed by atoms with Crippen molar-refractivity contribution in [1.29, 1.82) is 0 Å². The zero-order chi connectivity index (χ0) is 14.3. The van der Waals surface area contributed by atoms with E-state index in [0.717, 1.165) is 38.6 Å². The third-order valence-corrected chi connectivity index (χ3v) is 3.65. The van der Waals surface area contributed by atoms with Crippen LogP contribution in [0.15, 0.2) is 0 Å². The predicted octanol–water partition coefficient (Wildman–Crippen LogP) is 0.940. The van der Waals surface area contributed by atoms with Gasteiger partial charge in [-0.15, -0.1) is 0 Å². The first kappa shape index (κ1) is 16.0. The molecule has 0 aliphatic carbocycles. The highest BCUT2D eigenvalue weighted by Gasteiger charge is 2.40. The highest BCUT2D eigenvalue weighted by atomic mass is 16.2. The Hall–Kier alpha value is -1.10. The Morgan fingerprint density at radius 2 is 2.05 bits per heavy atom. The average Bonchev–Trinajstić information content (AvgIpc) is 2.86. The molecule has 0 spiro atoms.